The summed E-state index contributed by atoms with van der Waals surface area (Å²) < 4.78 is 5.44. The minimum absolute atomic E-state index is 0.337. The van der Waals surface area contributed by atoms with Crippen LogP contribution in [0.15, 0.2) is 24.3 Å². The van der Waals surface area contributed by atoms with Gasteiger partial charge in [-0.05, 0) is 43.4 Å². The van der Waals surface area contributed by atoms with Gasteiger partial charge in [-0.2, -0.15) is 0 Å². The Morgan fingerprint density at radius 3 is 2.35 bits per heavy atom. The number of ether oxygens (including phenoxy) is 1. The van der Waals surface area contributed by atoms with Gasteiger partial charge in [0.15, 0.2) is 0 Å². The van der Waals surface area contributed by atoms with Crippen LogP contribution >= 0.6 is 0 Å². The zero-order valence-corrected chi connectivity index (χ0v) is 11.5. The molecule has 0 atom stereocenters. The lowest BCUT2D eigenvalue weighted by Crippen LogP contribution is -2.33. The summed E-state index contributed by atoms with van der Waals surface area (Å²) in [6.45, 7) is 5.60. The molecule has 2 heteroatoms. The SMILES string of the molecule is CCC(CC)(CNC)Cc1ccccc1OC. The van der Waals surface area contributed by atoms with E-state index in [0.717, 1.165) is 18.7 Å². The maximum atomic E-state index is 5.44. The first-order valence-electron chi connectivity index (χ1n) is 6.48. The second-order valence-electron chi connectivity index (χ2n) is 4.73. The molecule has 1 aromatic rings. The van der Waals surface area contributed by atoms with Gasteiger partial charge in [0.25, 0.3) is 0 Å². The van der Waals surface area contributed by atoms with Crippen molar-refractivity contribution in [3.05, 3.63) is 29.8 Å². The second kappa shape index (κ2) is 6.65. The minimum Gasteiger partial charge on any atom is -0.496 e. The average molecular weight is 235 g/mol. The summed E-state index contributed by atoms with van der Waals surface area (Å²) in [6, 6.07) is 8.34. The van der Waals surface area contributed by atoms with Crippen LogP contribution in [0.1, 0.15) is 32.3 Å². The molecule has 0 unspecified atom stereocenters. The Labute approximate surface area is 105 Å². The third-order valence-corrected chi connectivity index (χ3v) is 3.81. The van der Waals surface area contributed by atoms with Gasteiger partial charge in [-0.3, -0.25) is 0 Å². The predicted molar refractivity (Wildman–Crippen MR) is 73.6 cm³/mol. The summed E-state index contributed by atoms with van der Waals surface area (Å²) in [7, 11) is 3.78. The van der Waals surface area contributed by atoms with E-state index in [2.05, 4.69) is 31.3 Å². The molecule has 0 saturated carbocycles. The van der Waals surface area contributed by atoms with Gasteiger partial charge in [-0.1, -0.05) is 32.0 Å². The topological polar surface area (TPSA) is 21.3 Å². The third-order valence-electron chi connectivity index (χ3n) is 3.81. The van der Waals surface area contributed by atoms with E-state index in [4.69, 9.17) is 4.74 Å². The van der Waals surface area contributed by atoms with Crippen molar-refractivity contribution in [1.29, 1.82) is 0 Å². The molecule has 0 aliphatic heterocycles. The van der Waals surface area contributed by atoms with Crippen LogP contribution in [0.25, 0.3) is 0 Å². The fourth-order valence-corrected chi connectivity index (χ4v) is 2.44. The molecular formula is C15H25NO. The summed E-state index contributed by atoms with van der Waals surface area (Å²) in [4.78, 5) is 0. The molecule has 0 bridgehead atoms. The molecule has 0 aliphatic carbocycles. The molecule has 17 heavy (non-hydrogen) atoms. The zero-order valence-electron chi connectivity index (χ0n) is 11.5. The predicted octanol–water partition coefficient (Wildman–Crippen LogP) is 3.26. The van der Waals surface area contributed by atoms with Crippen molar-refractivity contribution in [3.63, 3.8) is 0 Å². The summed E-state index contributed by atoms with van der Waals surface area (Å²) >= 11 is 0. The van der Waals surface area contributed by atoms with Gasteiger partial charge in [-0.15, -0.1) is 0 Å². The number of nitrogens with one attached hydrogen (secondary N) is 1. The van der Waals surface area contributed by atoms with Crippen molar-refractivity contribution in [2.75, 3.05) is 20.7 Å². The van der Waals surface area contributed by atoms with E-state index >= 15 is 0 Å². The van der Waals surface area contributed by atoms with Crippen LogP contribution in [0.3, 0.4) is 0 Å². The Kier molecular flexibility index (Phi) is 5.49. The van der Waals surface area contributed by atoms with E-state index in [-0.39, 0.29) is 0 Å². The normalized spacial score (nSPS) is 11.5. The van der Waals surface area contributed by atoms with Gasteiger partial charge in [0.2, 0.25) is 0 Å². The summed E-state index contributed by atoms with van der Waals surface area (Å²) in [6.07, 6.45) is 3.44. The first kappa shape index (κ1) is 14.0. The van der Waals surface area contributed by atoms with Crippen molar-refractivity contribution >= 4 is 0 Å². The molecule has 0 saturated heterocycles. The van der Waals surface area contributed by atoms with E-state index in [0.29, 0.717) is 5.41 Å². The number of hydrogen-bond donors (Lipinski definition) is 1. The smallest absolute Gasteiger partial charge is 0.122 e. The molecule has 0 amide bonds. The second-order valence-corrected chi connectivity index (χ2v) is 4.73. The van der Waals surface area contributed by atoms with Gasteiger partial charge in [0.05, 0.1) is 7.11 Å². The monoisotopic (exact) mass is 235 g/mol. The molecule has 0 fully saturated rings. The third kappa shape index (κ3) is 3.47. The minimum atomic E-state index is 0.337. The number of rotatable bonds is 7. The van der Waals surface area contributed by atoms with Crippen LogP contribution in [0, 0.1) is 5.41 Å². The molecule has 0 heterocycles. The molecule has 1 rings (SSSR count). The highest BCUT2D eigenvalue weighted by Gasteiger charge is 2.26. The number of methoxy groups -OCH3 is 1. The number of hydrogen-bond acceptors (Lipinski definition) is 2. The first-order valence-corrected chi connectivity index (χ1v) is 6.48. The molecule has 0 spiro atoms. The lowest BCUT2D eigenvalue weighted by Gasteiger charge is -2.32. The Morgan fingerprint density at radius 2 is 1.82 bits per heavy atom. The summed E-state index contributed by atoms with van der Waals surface area (Å²) in [5, 5.41) is 3.33. The maximum absolute atomic E-state index is 5.44. The molecule has 2 nitrogen and oxygen atoms in total. The Bertz CT molecular complexity index is 331. The Morgan fingerprint density at radius 1 is 1.18 bits per heavy atom. The Hall–Kier alpha value is -1.02. The van der Waals surface area contributed by atoms with Crippen LogP contribution in [-0.4, -0.2) is 20.7 Å². The van der Waals surface area contributed by atoms with Crippen LogP contribution in [0.2, 0.25) is 0 Å². The fraction of sp³-hybridized carbons (Fsp3) is 0.600. The standard InChI is InChI=1S/C15H25NO/c1-5-15(6-2,12-16-3)11-13-9-7-8-10-14(13)17-4/h7-10,16H,5-6,11-12H2,1-4H3. The number of para-hydroxylation sites is 1. The van der Waals surface area contributed by atoms with E-state index in [1.54, 1.807) is 7.11 Å². The lowest BCUT2D eigenvalue weighted by molar-refractivity contribution is 0.249. The highest BCUT2D eigenvalue weighted by atomic mass is 16.5. The molecular weight excluding hydrogens is 210 g/mol. The maximum Gasteiger partial charge on any atom is 0.122 e. The Balaban J connectivity index is 2.92. The first-order chi connectivity index (χ1) is 8.21. The molecule has 0 aliphatic rings. The van der Waals surface area contributed by atoms with E-state index in [1.807, 2.05) is 19.2 Å². The van der Waals surface area contributed by atoms with Crippen molar-refractivity contribution in [1.82, 2.24) is 5.32 Å². The van der Waals surface area contributed by atoms with Crippen molar-refractivity contribution < 1.29 is 4.74 Å². The number of benzene rings is 1. The molecule has 96 valence electrons. The van der Waals surface area contributed by atoms with Gasteiger partial charge in [0.1, 0.15) is 5.75 Å². The van der Waals surface area contributed by atoms with Crippen LogP contribution in [-0.2, 0) is 6.42 Å². The molecule has 1 aromatic carbocycles. The lowest BCUT2D eigenvalue weighted by atomic mass is 9.76. The van der Waals surface area contributed by atoms with Gasteiger partial charge >= 0.3 is 0 Å². The van der Waals surface area contributed by atoms with Gasteiger partial charge in [0, 0.05) is 6.54 Å². The van der Waals surface area contributed by atoms with Crippen LogP contribution < -0.4 is 10.1 Å². The fourth-order valence-electron chi connectivity index (χ4n) is 2.44. The van der Waals surface area contributed by atoms with Crippen molar-refractivity contribution in [3.8, 4) is 5.75 Å². The van der Waals surface area contributed by atoms with Gasteiger partial charge < -0.3 is 10.1 Å². The largest absolute Gasteiger partial charge is 0.496 e. The van der Waals surface area contributed by atoms with Crippen molar-refractivity contribution in [2.45, 2.75) is 33.1 Å². The summed E-state index contributed by atoms with van der Waals surface area (Å²) in [5.41, 5.74) is 1.65. The summed E-state index contributed by atoms with van der Waals surface area (Å²) in [5.74, 6) is 1.01. The van der Waals surface area contributed by atoms with E-state index in [9.17, 15) is 0 Å². The highest BCUT2D eigenvalue weighted by Crippen LogP contribution is 2.33. The van der Waals surface area contributed by atoms with E-state index < -0.39 is 0 Å². The van der Waals surface area contributed by atoms with Crippen molar-refractivity contribution in [2.24, 2.45) is 5.41 Å². The van der Waals surface area contributed by atoms with Crippen LogP contribution in [0.5, 0.6) is 5.75 Å². The quantitative estimate of drug-likeness (QED) is 0.783. The average Bonchev–Trinajstić information content (AvgIpc) is 2.38. The highest BCUT2D eigenvalue weighted by molar-refractivity contribution is 5.34. The van der Waals surface area contributed by atoms with Gasteiger partial charge in [-0.25, -0.2) is 0 Å². The van der Waals surface area contributed by atoms with E-state index in [1.165, 1.54) is 18.4 Å². The van der Waals surface area contributed by atoms with Crippen LogP contribution in [0.4, 0.5) is 0 Å². The zero-order chi connectivity index (χ0) is 12.7. The molecule has 1 N–H and O–H groups in total. The molecule has 0 radical (unpaired) electrons. The molecule has 0 aromatic heterocycles.